The van der Waals surface area contributed by atoms with Crippen LogP contribution in [-0.2, 0) is 14.3 Å². The van der Waals surface area contributed by atoms with Gasteiger partial charge < -0.3 is 9.84 Å². The molecule has 4 heteroatoms. The molecule has 0 heterocycles. The summed E-state index contributed by atoms with van der Waals surface area (Å²) in [7, 11) is 1.35. The molecule has 0 aliphatic heterocycles. The largest absolute Gasteiger partial charge is 0.481 e. The molecule has 4 nitrogen and oxygen atoms in total. The van der Waals surface area contributed by atoms with Crippen molar-refractivity contribution >= 4 is 11.9 Å². The van der Waals surface area contributed by atoms with Crippen molar-refractivity contribution in [3.63, 3.8) is 0 Å². The number of carbonyl (C=O) groups is 2. The van der Waals surface area contributed by atoms with Crippen LogP contribution in [0.5, 0.6) is 0 Å². The van der Waals surface area contributed by atoms with Crippen molar-refractivity contribution in [2.45, 2.75) is 45.4 Å². The molecular formula is C12H20O4. The molecule has 0 aromatic heterocycles. The highest BCUT2D eigenvalue weighted by molar-refractivity contribution is 5.72. The lowest BCUT2D eigenvalue weighted by Crippen LogP contribution is -2.39. The van der Waals surface area contributed by atoms with Gasteiger partial charge in [-0.2, -0.15) is 0 Å². The Labute approximate surface area is 96.0 Å². The number of aliphatic carboxylic acids is 1. The Morgan fingerprint density at radius 2 is 2.00 bits per heavy atom. The standard InChI is InChI=1S/C12H20O4/c1-3-12(5-4-6-12)9(7-10(13)14)8-11(15)16-2/h9H,3-8H2,1-2H3,(H,13,14). The molecule has 1 rings (SSSR count). The van der Waals surface area contributed by atoms with Crippen LogP contribution < -0.4 is 0 Å². The molecule has 16 heavy (non-hydrogen) atoms. The van der Waals surface area contributed by atoms with Crippen LogP contribution in [-0.4, -0.2) is 24.2 Å². The monoisotopic (exact) mass is 228 g/mol. The SMILES string of the molecule is CCC1(C(CC(=O)O)CC(=O)OC)CCC1. The van der Waals surface area contributed by atoms with Gasteiger partial charge >= 0.3 is 11.9 Å². The first-order chi connectivity index (χ1) is 7.54. The summed E-state index contributed by atoms with van der Waals surface area (Å²) >= 11 is 0. The topological polar surface area (TPSA) is 63.6 Å². The third kappa shape index (κ3) is 2.74. The molecule has 1 unspecified atom stereocenters. The van der Waals surface area contributed by atoms with Crippen molar-refractivity contribution in [1.29, 1.82) is 0 Å². The summed E-state index contributed by atoms with van der Waals surface area (Å²) in [4.78, 5) is 22.1. The highest BCUT2D eigenvalue weighted by Crippen LogP contribution is 2.52. The number of hydrogen-bond acceptors (Lipinski definition) is 3. The Bertz CT molecular complexity index is 263. The number of methoxy groups -OCH3 is 1. The van der Waals surface area contributed by atoms with E-state index in [0.29, 0.717) is 0 Å². The average molecular weight is 228 g/mol. The van der Waals surface area contributed by atoms with Crippen LogP contribution in [0.2, 0.25) is 0 Å². The van der Waals surface area contributed by atoms with E-state index in [0.717, 1.165) is 25.7 Å². The van der Waals surface area contributed by atoms with Gasteiger partial charge in [-0.05, 0) is 24.2 Å². The lowest BCUT2D eigenvalue weighted by atomic mass is 9.58. The molecule has 0 radical (unpaired) electrons. The molecule has 0 amide bonds. The van der Waals surface area contributed by atoms with Crippen LogP contribution in [0.15, 0.2) is 0 Å². The van der Waals surface area contributed by atoms with Gasteiger partial charge in [0.2, 0.25) is 0 Å². The van der Waals surface area contributed by atoms with Crippen LogP contribution in [0.4, 0.5) is 0 Å². The van der Waals surface area contributed by atoms with Crippen LogP contribution in [0.25, 0.3) is 0 Å². The van der Waals surface area contributed by atoms with Crippen molar-refractivity contribution in [1.82, 2.24) is 0 Å². The van der Waals surface area contributed by atoms with Crippen molar-refractivity contribution in [2.75, 3.05) is 7.11 Å². The Morgan fingerprint density at radius 3 is 2.31 bits per heavy atom. The number of esters is 1. The summed E-state index contributed by atoms with van der Waals surface area (Å²) < 4.78 is 4.64. The normalized spacial score (nSPS) is 19.6. The predicted octanol–water partition coefficient (Wildman–Crippen LogP) is 2.22. The Kier molecular flexibility index (Phi) is 4.33. The molecule has 1 aliphatic carbocycles. The van der Waals surface area contributed by atoms with E-state index in [4.69, 9.17) is 5.11 Å². The fraction of sp³-hybridized carbons (Fsp3) is 0.833. The number of rotatable bonds is 6. The molecule has 1 N–H and O–H groups in total. The second-order valence-electron chi connectivity index (χ2n) is 4.64. The third-order valence-electron chi connectivity index (χ3n) is 3.98. The molecular weight excluding hydrogens is 208 g/mol. The van der Waals surface area contributed by atoms with Gasteiger partial charge in [0.15, 0.2) is 0 Å². The third-order valence-corrected chi connectivity index (χ3v) is 3.98. The van der Waals surface area contributed by atoms with E-state index < -0.39 is 5.97 Å². The summed E-state index contributed by atoms with van der Waals surface area (Å²) in [5.41, 5.74) is 0.0621. The minimum atomic E-state index is -0.825. The zero-order valence-corrected chi connectivity index (χ0v) is 9.99. The van der Waals surface area contributed by atoms with E-state index in [1.54, 1.807) is 0 Å². The molecule has 1 saturated carbocycles. The zero-order chi connectivity index (χ0) is 12.2. The zero-order valence-electron chi connectivity index (χ0n) is 9.99. The first-order valence-corrected chi connectivity index (χ1v) is 5.82. The Balaban J connectivity index is 2.69. The summed E-state index contributed by atoms with van der Waals surface area (Å²) in [6, 6.07) is 0. The van der Waals surface area contributed by atoms with E-state index in [2.05, 4.69) is 11.7 Å². The van der Waals surface area contributed by atoms with Crippen molar-refractivity contribution in [3.05, 3.63) is 0 Å². The van der Waals surface area contributed by atoms with Gasteiger partial charge in [0.1, 0.15) is 0 Å². The maximum absolute atomic E-state index is 11.3. The first-order valence-electron chi connectivity index (χ1n) is 5.82. The second kappa shape index (κ2) is 5.32. The summed E-state index contributed by atoms with van der Waals surface area (Å²) in [5, 5.41) is 8.90. The summed E-state index contributed by atoms with van der Waals surface area (Å²) in [6.07, 6.45) is 4.48. The summed E-state index contributed by atoms with van der Waals surface area (Å²) in [5.74, 6) is -1.20. The van der Waals surface area contributed by atoms with Gasteiger partial charge in [0, 0.05) is 12.8 Å². The van der Waals surface area contributed by atoms with E-state index in [1.165, 1.54) is 7.11 Å². The Hall–Kier alpha value is -1.06. The number of hydrogen-bond donors (Lipinski definition) is 1. The molecule has 1 aliphatic rings. The van der Waals surface area contributed by atoms with Crippen molar-refractivity contribution in [2.24, 2.45) is 11.3 Å². The van der Waals surface area contributed by atoms with Crippen LogP contribution in [0.3, 0.4) is 0 Å². The van der Waals surface area contributed by atoms with Gasteiger partial charge in [-0.3, -0.25) is 9.59 Å². The highest BCUT2D eigenvalue weighted by Gasteiger charge is 2.44. The van der Waals surface area contributed by atoms with E-state index in [1.807, 2.05) is 0 Å². The minimum Gasteiger partial charge on any atom is -0.481 e. The minimum absolute atomic E-state index is 0.0621. The van der Waals surface area contributed by atoms with E-state index >= 15 is 0 Å². The molecule has 1 fully saturated rings. The molecule has 1 atom stereocenters. The maximum Gasteiger partial charge on any atom is 0.305 e. The maximum atomic E-state index is 11.3. The van der Waals surface area contributed by atoms with Crippen LogP contribution in [0, 0.1) is 11.3 Å². The molecule has 0 spiro atoms. The lowest BCUT2D eigenvalue weighted by Gasteiger charge is -2.47. The quantitative estimate of drug-likeness (QED) is 0.708. The number of carboxylic acids is 1. The van der Waals surface area contributed by atoms with E-state index in [9.17, 15) is 9.59 Å². The van der Waals surface area contributed by atoms with Gasteiger partial charge in [-0.1, -0.05) is 19.8 Å². The average Bonchev–Trinajstić information content (AvgIpc) is 2.15. The summed E-state index contributed by atoms with van der Waals surface area (Å²) in [6.45, 7) is 2.07. The molecule has 0 saturated heterocycles. The van der Waals surface area contributed by atoms with Gasteiger partial charge in [-0.25, -0.2) is 0 Å². The van der Waals surface area contributed by atoms with Gasteiger partial charge in [0.05, 0.1) is 7.11 Å². The smallest absolute Gasteiger partial charge is 0.305 e. The fourth-order valence-corrected chi connectivity index (χ4v) is 2.68. The Morgan fingerprint density at radius 1 is 1.38 bits per heavy atom. The predicted molar refractivity (Wildman–Crippen MR) is 59.0 cm³/mol. The van der Waals surface area contributed by atoms with Crippen LogP contribution in [0.1, 0.15) is 45.4 Å². The van der Waals surface area contributed by atoms with Gasteiger partial charge in [0.25, 0.3) is 0 Å². The van der Waals surface area contributed by atoms with Crippen molar-refractivity contribution < 1.29 is 19.4 Å². The van der Waals surface area contributed by atoms with Gasteiger partial charge in [-0.15, -0.1) is 0 Å². The molecule has 0 aromatic carbocycles. The fourth-order valence-electron chi connectivity index (χ4n) is 2.68. The molecule has 0 aromatic rings. The number of carboxylic acid groups (broad SMARTS) is 1. The number of ether oxygens (including phenoxy) is 1. The first kappa shape index (κ1) is 13.0. The molecule has 0 bridgehead atoms. The lowest BCUT2D eigenvalue weighted by molar-refractivity contribution is -0.147. The van der Waals surface area contributed by atoms with Crippen LogP contribution >= 0.6 is 0 Å². The molecule has 92 valence electrons. The highest BCUT2D eigenvalue weighted by atomic mass is 16.5. The second-order valence-corrected chi connectivity index (χ2v) is 4.64. The number of carbonyl (C=O) groups excluding carboxylic acids is 1. The van der Waals surface area contributed by atoms with Crippen molar-refractivity contribution in [3.8, 4) is 0 Å². The van der Waals surface area contributed by atoms with E-state index in [-0.39, 0.29) is 30.1 Å².